The molecular formula is C21H12BrClF4N6. The summed E-state index contributed by atoms with van der Waals surface area (Å²) >= 11 is 9.27. The third-order valence-corrected chi connectivity index (χ3v) is 5.72. The van der Waals surface area contributed by atoms with E-state index in [1.807, 2.05) is 6.07 Å². The predicted octanol–water partition coefficient (Wildman–Crippen LogP) is 6.91. The van der Waals surface area contributed by atoms with E-state index in [2.05, 4.69) is 36.2 Å². The zero-order chi connectivity index (χ0) is 23.9. The van der Waals surface area contributed by atoms with Crippen molar-refractivity contribution in [2.24, 2.45) is 0 Å². The first kappa shape index (κ1) is 22.8. The van der Waals surface area contributed by atoms with Gasteiger partial charge in [-0.25, -0.2) is 9.37 Å². The van der Waals surface area contributed by atoms with Crippen LogP contribution in [0.3, 0.4) is 0 Å². The summed E-state index contributed by atoms with van der Waals surface area (Å²) in [6.07, 6.45) is -2.33. The number of hydrogen-bond acceptors (Lipinski definition) is 5. The summed E-state index contributed by atoms with van der Waals surface area (Å²) in [7, 11) is 1.45. The van der Waals surface area contributed by atoms with Crippen LogP contribution in [0, 0.1) is 17.1 Å². The number of rotatable bonds is 4. The predicted molar refractivity (Wildman–Crippen MR) is 121 cm³/mol. The largest absolute Gasteiger partial charge is 0.437 e. The fourth-order valence-corrected chi connectivity index (χ4v) is 3.99. The third-order valence-electron chi connectivity index (χ3n) is 4.83. The SMILES string of the molecule is CN(c1cc(Br)c2ncc(C#N)c(Nc3ccc(F)c(Cl)c3)c2c1)c1[nH]cnc1C(F)(F)F. The Morgan fingerprint density at radius 2 is 1.97 bits per heavy atom. The van der Waals surface area contributed by atoms with E-state index in [0.29, 0.717) is 32.4 Å². The van der Waals surface area contributed by atoms with Crippen LogP contribution in [-0.2, 0) is 6.18 Å². The molecule has 0 saturated carbocycles. The Morgan fingerprint density at radius 1 is 1.21 bits per heavy atom. The smallest absolute Gasteiger partial charge is 0.354 e. The van der Waals surface area contributed by atoms with E-state index < -0.39 is 17.7 Å². The molecule has 2 aromatic carbocycles. The molecule has 12 heteroatoms. The quantitative estimate of drug-likeness (QED) is 0.275. The van der Waals surface area contributed by atoms with E-state index in [-0.39, 0.29) is 16.4 Å². The van der Waals surface area contributed by atoms with E-state index in [0.717, 1.165) is 6.33 Å². The monoisotopic (exact) mass is 538 g/mol. The highest BCUT2D eigenvalue weighted by atomic mass is 79.9. The van der Waals surface area contributed by atoms with Crippen LogP contribution in [0.25, 0.3) is 10.9 Å². The summed E-state index contributed by atoms with van der Waals surface area (Å²) in [5.74, 6) is -0.855. The van der Waals surface area contributed by atoms with Crippen molar-refractivity contribution in [1.29, 1.82) is 5.26 Å². The first-order chi connectivity index (χ1) is 15.6. The van der Waals surface area contributed by atoms with Crippen LogP contribution in [0.15, 0.2) is 47.3 Å². The Hall–Kier alpha value is -3.36. The number of fused-ring (bicyclic) bond motifs is 1. The maximum atomic E-state index is 13.6. The van der Waals surface area contributed by atoms with E-state index in [1.165, 1.54) is 36.3 Å². The molecular weight excluding hydrogens is 528 g/mol. The molecule has 0 fully saturated rings. The molecule has 33 heavy (non-hydrogen) atoms. The van der Waals surface area contributed by atoms with Crippen molar-refractivity contribution >= 4 is 61.3 Å². The molecule has 2 aromatic heterocycles. The van der Waals surface area contributed by atoms with Gasteiger partial charge < -0.3 is 15.2 Å². The maximum Gasteiger partial charge on any atom is 0.437 e. The van der Waals surface area contributed by atoms with E-state index in [4.69, 9.17) is 11.6 Å². The molecule has 0 atom stereocenters. The van der Waals surface area contributed by atoms with Gasteiger partial charge in [0.1, 0.15) is 17.7 Å². The normalized spacial score (nSPS) is 11.5. The number of H-pyrrole nitrogens is 1. The van der Waals surface area contributed by atoms with Crippen molar-refractivity contribution in [3.63, 3.8) is 0 Å². The molecule has 168 valence electrons. The van der Waals surface area contributed by atoms with Gasteiger partial charge in [-0.3, -0.25) is 4.98 Å². The molecule has 4 rings (SSSR count). The van der Waals surface area contributed by atoms with Gasteiger partial charge in [0.2, 0.25) is 0 Å². The summed E-state index contributed by atoms with van der Waals surface area (Å²) in [5.41, 5.74) is 0.676. The Bertz CT molecular complexity index is 1410. The molecule has 0 radical (unpaired) electrons. The van der Waals surface area contributed by atoms with E-state index in [1.54, 1.807) is 12.1 Å². The van der Waals surface area contributed by atoms with Gasteiger partial charge in [-0.1, -0.05) is 11.6 Å². The van der Waals surface area contributed by atoms with Crippen molar-refractivity contribution in [2.75, 3.05) is 17.3 Å². The third kappa shape index (κ3) is 4.31. The van der Waals surface area contributed by atoms with E-state index in [9.17, 15) is 22.8 Å². The zero-order valence-corrected chi connectivity index (χ0v) is 18.9. The van der Waals surface area contributed by atoms with E-state index >= 15 is 0 Å². The van der Waals surface area contributed by atoms with Gasteiger partial charge in [-0.05, 0) is 46.3 Å². The Morgan fingerprint density at radius 3 is 2.64 bits per heavy atom. The second-order valence-electron chi connectivity index (χ2n) is 6.89. The van der Waals surface area contributed by atoms with Crippen LogP contribution in [0.1, 0.15) is 11.3 Å². The zero-order valence-electron chi connectivity index (χ0n) is 16.6. The molecule has 6 nitrogen and oxygen atoms in total. The maximum absolute atomic E-state index is 13.6. The number of imidazole rings is 1. The molecule has 2 heterocycles. The Balaban J connectivity index is 1.88. The van der Waals surface area contributed by atoms with Crippen molar-refractivity contribution < 1.29 is 17.6 Å². The van der Waals surface area contributed by atoms with Crippen LogP contribution < -0.4 is 10.2 Å². The highest BCUT2D eigenvalue weighted by molar-refractivity contribution is 9.10. The van der Waals surface area contributed by atoms with Gasteiger partial charge in [0.25, 0.3) is 0 Å². The fraction of sp³-hybridized carbons (Fsp3) is 0.0952. The number of benzene rings is 2. The minimum Gasteiger partial charge on any atom is -0.354 e. The summed E-state index contributed by atoms with van der Waals surface area (Å²) in [6, 6.07) is 9.19. The number of halogens is 6. The van der Waals surface area contributed by atoms with Gasteiger partial charge >= 0.3 is 6.18 Å². The number of aromatic nitrogens is 3. The van der Waals surface area contributed by atoms with Crippen molar-refractivity contribution in [1.82, 2.24) is 15.0 Å². The molecule has 0 aliphatic heterocycles. The average molecular weight is 540 g/mol. The number of pyridine rings is 1. The number of nitrogens with one attached hydrogen (secondary N) is 2. The molecule has 4 aromatic rings. The lowest BCUT2D eigenvalue weighted by Gasteiger charge is -2.21. The first-order valence-electron chi connectivity index (χ1n) is 9.19. The Kier molecular flexibility index (Phi) is 5.90. The van der Waals surface area contributed by atoms with Gasteiger partial charge in [-0.15, -0.1) is 0 Å². The van der Waals surface area contributed by atoms with Crippen LogP contribution >= 0.6 is 27.5 Å². The first-order valence-corrected chi connectivity index (χ1v) is 10.4. The van der Waals surface area contributed by atoms with Crippen LogP contribution in [-0.4, -0.2) is 22.0 Å². The summed E-state index contributed by atoms with van der Waals surface area (Å²) in [5, 5.41) is 13.0. The standard InChI is InChI=1S/C21H12BrClF4N6/c1-33(20-19(21(25,26)27)30-9-31-20)12-5-13-17(32-11-2-3-16(24)15(23)4-11)10(7-28)8-29-18(13)14(22)6-12/h2-6,8-9H,1H3,(H,29,32)(H,30,31). The molecule has 2 N–H and O–H groups in total. The minimum atomic E-state index is -4.65. The fourth-order valence-electron chi connectivity index (χ4n) is 3.26. The van der Waals surface area contributed by atoms with Crippen LogP contribution in [0.2, 0.25) is 5.02 Å². The summed E-state index contributed by atoms with van der Waals surface area (Å²) in [4.78, 5) is 11.5. The van der Waals surface area contributed by atoms with Gasteiger partial charge in [0.15, 0.2) is 5.69 Å². The van der Waals surface area contributed by atoms with Crippen LogP contribution in [0.4, 0.5) is 40.4 Å². The number of aromatic amines is 1. The Labute approximate surface area is 198 Å². The molecule has 0 saturated heterocycles. The molecule has 0 aliphatic rings. The lowest BCUT2D eigenvalue weighted by molar-refractivity contribution is -0.140. The lowest BCUT2D eigenvalue weighted by Crippen LogP contribution is -2.16. The van der Waals surface area contributed by atoms with Gasteiger partial charge in [0.05, 0.1) is 28.1 Å². The number of alkyl halides is 3. The summed E-state index contributed by atoms with van der Waals surface area (Å²) < 4.78 is 54.1. The highest BCUT2D eigenvalue weighted by Crippen LogP contribution is 2.40. The molecule has 0 unspecified atom stereocenters. The average Bonchev–Trinajstić information content (AvgIpc) is 3.26. The van der Waals surface area contributed by atoms with Gasteiger partial charge in [-0.2, -0.15) is 18.4 Å². The molecule has 0 aliphatic carbocycles. The van der Waals surface area contributed by atoms with Gasteiger partial charge in [0, 0.05) is 34.5 Å². The van der Waals surface area contributed by atoms with Crippen LogP contribution in [0.5, 0.6) is 0 Å². The lowest BCUT2D eigenvalue weighted by atomic mass is 10.1. The second-order valence-corrected chi connectivity index (χ2v) is 8.15. The highest BCUT2D eigenvalue weighted by Gasteiger charge is 2.37. The molecule has 0 spiro atoms. The number of nitriles is 1. The van der Waals surface area contributed by atoms with Crippen molar-refractivity contribution in [2.45, 2.75) is 6.18 Å². The molecule has 0 amide bonds. The van der Waals surface area contributed by atoms with Crippen molar-refractivity contribution in [3.8, 4) is 6.07 Å². The molecule has 0 bridgehead atoms. The number of anilines is 4. The number of nitrogens with zero attached hydrogens (tertiary/aromatic N) is 4. The topological polar surface area (TPSA) is 80.6 Å². The second kappa shape index (κ2) is 8.53. The summed E-state index contributed by atoms with van der Waals surface area (Å²) in [6.45, 7) is 0. The number of hydrogen-bond donors (Lipinski definition) is 2. The van der Waals surface area contributed by atoms with Crippen molar-refractivity contribution in [3.05, 3.63) is 69.4 Å². The minimum absolute atomic E-state index is 0.114.